The Morgan fingerprint density at radius 2 is 2.27 bits per heavy atom. The average Bonchev–Trinajstić information content (AvgIpc) is 1.88. The molecule has 0 aliphatic rings. The Morgan fingerprint density at radius 3 is 2.55 bits per heavy atom. The maximum atomic E-state index is 10.7. The molecule has 0 aromatic heterocycles. The van der Waals surface area contributed by atoms with Crippen molar-refractivity contribution in [1.82, 2.24) is 4.90 Å². The van der Waals surface area contributed by atoms with Crippen LogP contribution in [0.1, 0.15) is 13.8 Å². The Morgan fingerprint density at radius 1 is 1.73 bits per heavy atom. The normalized spacial score (nSPS) is 13.5. The van der Waals surface area contributed by atoms with E-state index in [-0.39, 0.29) is 5.91 Å². The van der Waals surface area contributed by atoms with Crippen LogP contribution >= 0.6 is 0 Å². The summed E-state index contributed by atoms with van der Waals surface area (Å²) in [5.41, 5.74) is 0. The van der Waals surface area contributed by atoms with Gasteiger partial charge in [-0.05, 0) is 13.0 Å². The number of hydrogen-bond donors (Lipinski definition) is 2. The fourth-order valence-corrected chi connectivity index (χ4v) is 0.646. The van der Waals surface area contributed by atoms with Gasteiger partial charge in [-0.15, -0.1) is 0 Å². The summed E-state index contributed by atoms with van der Waals surface area (Å²) in [4.78, 5) is 11.6. The van der Waals surface area contributed by atoms with Crippen LogP contribution in [0.5, 0.6) is 0 Å². The van der Waals surface area contributed by atoms with Gasteiger partial charge in [-0.1, -0.05) is 6.08 Å². The first kappa shape index (κ1) is 10.1. The lowest BCUT2D eigenvalue weighted by atomic mass is 10.4. The third-order valence-electron chi connectivity index (χ3n) is 1.24. The van der Waals surface area contributed by atoms with Crippen LogP contribution in [0.25, 0.3) is 0 Å². The highest BCUT2D eigenvalue weighted by atomic mass is 16.3. The molecule has 1 unspecified atom stereocenters. The molecule has 4 nitrogen and oxygen atoms in total. The Bertz CT molecular complexity index is 156. The van der Waals surface area contributed by atoms with E-state index in [0.29, 0.717) is 0 Å². The van der Waals surface area contributed by atoms with Crippen LogP contribution in [0, 0.1) is 0 Å². The molecule has 0 spiro atoms. The molecule has 1 amide bonds. The first-order valence-corrected chi connectivity index (χ1v) is 3.32. The number of aliphatic hydroxyl groups is 2. The summed E-state index contributed by atoms with van der Waals surface area (Å²) in [5.74, 6) is -0.363. The van der Waals surface area contributed by atoms with Gasteiger partial charge in [-0.25, -0.2) is 0 Å². The van der Waals surface area contributed by atoms with E-state index >= 15 is 0 Å². The molecule has 2 N–H and O–H groups in total. The van der Waals surface area contributed by atoms with E-state index in [4.69, 9.17) is 10.2 Å². The highest BCUT2D eigenvalue weighted by molar-refractivity contribution is 5.73. The quantitative estimate of drug-likeness (QED) is 0.438. The van der Waals surface area contributed by atoms with Crippen LogP contribution in [0.4, 0.5) is 0 Å². The van der Waals surface area contributed by atoms with Crippen molar-refractivity contribution in [3.05, 3.63) is 12.2 Å². The molecule has 0 aromatic carbocycles. The fourth-order valence-electron chi connectivity index (χ4n) is 0.646. The van der Waals surface area contributed by atoms with Crippen molar-refractivity contribution in [2.45, 2.75) is 20.1 Å². The van der Waals surface area contributed by atoms with Gasteiger partial charge < -0.3 is 10.2 Å². The van der Waals surface area contributed by atoms with E-state index in [1.165, 1.54) is 13.0 Å². The first-order chi connectivity index (χ1) is 5.13. The molecule has 1 atom stereocenters. The molecule has 0 rings (SSSR count). The van der Waals surface area contributed by atoms with E-state index in [0.717, 1.165) is 4.90 Å². The summed E-state index contributed by atoms with van der Waals surface area (Å²) in [6.07, 6.45) is 2.00. The number of allylic oxidation sites excluding steroid dienone is 1. The Balaban J connectivity index is 4.13. The van der Waals surface area contributed by atoms with Crippen LogP contribution in [0.3, 0.4) is 0 Å². The van der Waals surface area contributed by atoms with E-state index in [1.807, 2.05) is 0 Å². The minimum absolute atomic E-state index is 0.363. The molecule has 0 aliphatic heterocycles. The lowest BCUT2D eigenvalue weighted by Gasteiger charge is -2.21. The van der Waals surface area contributed by atoms with Gasteiger partial charge in [-0.3, -0.25) is 9.69 Å². The predicted octanol–water partition coefficient (Wildman–Crippen LogP) is -0.321. The predicted molar refractivity (Wildman–Crippen MR) is 40.4 cm³/mol. The Labute approximate surface area is 65.7 Å². The van der Waals surface area contributed by atoms with Crippen LogP contribution in [0.15, 0.2) is 12.2 Å². The van der Waals surface area contributed by atoms with Gasteiger partial charge in [0.2, 0.25) is 5.91 Å². The molecule has 0 saturated carbocycles. The number of amides is 1. The van der Waals surface area contributed by atoms with Crippen LogP contribution < -0.4 is 0 Å². The van der Waals surface area contributed by atoms with Gasteiger partial charge >= 0.3 is 0 Å². The van der Waals surface area contributed by atoms with E-state index in [2.05, 4.69) is 0 Å². The van der Waals surface area contributed by atoms with Crippen molar-refractivity contribution in [1.29, 1.82) is 0 Å². The lowest BCUT2D eigenvalue weighted by molar-refractivity contribution is -0.141. The average molecular weight is 159 g/mol. The first-order valence-electron chi connectivity index (χ1n) is 3.32. The van der Waals surface area contributed by atoms with Crippen molar-refractivity contribution >= 4 is 5.91 Å². The fraction of sp³-hybridized carbons (Fsp3) is 0.571. The van der Waals surface area contributed by atoms with Crippen LogP contribution in [-0.4, -0.2) is 34.0 Å². The van der Waals surface area contributed by atoms with Gasteiger partial charge in [0.05, 0.1) is 0 Å². The van der Waals surface area contributed by atoms with E-state index < -0.39 is 13.0 Å². The second-order valence-electron chi connectivity index (χ2n) is 2.07. The summed E-state index contributed by atoms with van der Waals surface area (Å²) >= 11 is 0. The number of aliphatic hydroxyl groups excluding tert-OH is 2. The van der Waals surface area contributed by atoms with E-state index in [9.17, 15) is 4.79 Å². The molecule has 0 aliphatic carbocycles. The molecule has 64 valence electrons. The third-order valence-corrected chi connectivity index (χ3v) is 1.24. The molecule has 11 heavy (non-hydrogen) atoms. The third kappa shape index (κ3) is 3.15. The second-order valence-corrected chi connectivity index (χ2v) is 2.07. The number of nitrogens with zero attached hydrogens (tertiary/aromatic N) is 1. The maximum absolute atomic E-state index is 10.7. The van der Waals surface area contributed by atoms with Crippen LogP contribution in [0.2, 0.25) is 0 Å². The molecular weight excluding hydrogens is 146 g/mol. The summed E-state index contributed by atoms with van der Waals surface area (Å²) in [7, 11) is 0. The Kier molecular flexibility index (Phi) is 4.49. The van der Waals surface area contributed by atoms with Crippen molar-refractivity contribution in [3.63, 3.8) is 0 Å². The Hall–Kier alpha value is -0.870. The molecule has 0 heterocycles. The highest BCUT2D eigenvalue weighted by Crippen LogP contribution is 1.96. The number of hydrogen-bond acceptors (Lipinski definition) is 3. The van der Waals surface area contributed by atoms with Crippen LogP contribution in [-0.2, 0) is 4.79 Å². The smallest absolute Gasteiger partial charge is 0.223 e. The number of carbonyl (C=O) groups is 1. The number of rotatable bonds is 3. The maximum Gasteiger partial charge on any atom is 0.223 e. The topological polar surface area (TPSA) is 60.8 Å². The molecule has 0 bridgehead atoms. The SMILES string of the molecule is C/C=C/C(O)N(CO)C(C)=O. The second kappa shape index (κ2) is 4.87. The minimum Gasteiger partial charge on any atom is -0.376 e. The van der Waals surface area contributed by atoms with Gasteiger partial charge in [0.15, 0.2) is 0 Å². The van der Waals surface area contributed by atoms with Gasteiger partial charge in [0.1, 0.15) is 13.0 Å². The van der Waals surface area contributed by atoms with Crippen molar-refractivity contribution in [2.24, 2.45) is 0 Å². The minimum atomic E-state index is -1.03. The lowest BCUT2D eigenvalue weighted by Crippen LogP contribution is -2.38. The zero-order chi connectivity index (χ0) is 8.85. The van der Waals surface area contributed by atoms with Gasteiger partial charge in [0, 0.05) is 6.92 Å². The molecular formula is C7H13NO3. The van der Waals surface area contributed by atoms with Gasteiger partial charge in [-0.2, -0.15) is 0 Å². The molecule has 0 saturated heterocycles. The van der Waals surface area contributed by atoms with Gasteiger partial charge in [0.25, 0.3) is 0 Å². The summed E-state index contributed by atoms with van der Waals surface area (Å²) in [6, 6.07) is 0. The molecule has 0 aromatic rings. The van der Waals surface area contributed by atoms with E-state index in [1.54, 1.807) is 13.0 Å². The zero-order valence-electron chi connectivity index (χ0n) is 6.69. The number of carbonyl (C=O) groups excluding carboxylic acids is 1. The standard InChI is InChI=1S/C7H13NO3/c1-3-4-7(11)8(5-9)6(2)10/h3-4,7,9,11H,5H2,1-2H3/b4-3+. The molecule has 0 radical (unpaired) electrons. The monoisotopic (exact) mass is 159 g/mol. The van der Waals surface area contributed by atoms with Crippen molar-refractivity contribution < 1.29 is 15.0 Å². The molecule has 0 fully saturated rings. The summed E-state index contributed by atoms with van der Waals surface area (Å²) < 4.78 is 0. The van der Waals surface area contributed by atoms with Crippen molar-refractivity contribution in [2.75, 3.05) is 6.73 Å². The summed E-state index contributed by atoms with van der Waals surface area (Å²) in [5, 5.41) is 17.7. The van der Waals surface area contributed by atoms with Crippen molar-refractivity contribution in [3.8, 4) is 0 Å². The highest BCUT2D eigenvalue weighted by Gasteiger charge is 2.13. The zero-order valence-corrected chi connectivity index (χ0v) is 6.69. The summed E-state index contributed by atoms with van der Waals surface area (Å²) in [6.45, 7) is 2.53. The molecule has 4 heteroatoms. The largest absolute Gasteiger partial charge is 0.376 e.